The zero-order valence-corrected chi connectivity index (χ0v) is 27.7. The second kappa shape index (κ2) is 12.5. The molecule has 0 nitrogen and oxygen atoms in total. The topological polar surface area (TPSA) is 0 Å². The molecule has 0 saturated heterocycles. The normalized spacial score (nSPS) is 11.3. The van der Waals surface area contributed by atoms with Crippen LogP contribution < -0.4 is 0 Å². The molecule has 0 aliphatic carbocycles. The van der Waals surface area contributed by atoms with Gasteiger partial charge in [0.15, 0.2) is 0 Å². The molecule has 1 aromatic heterocycles. The SMILES string of the molecule is c1ccc(-c2ccc(-c3cccc(-c4ccc5sc6c(-c7cccc(-c8ccc(-c9ccccc9)cc8)c7)cccc6c5c4)c3)cc2)cc1. The number of rotatable bonds is 6. The molecule has 0 amide bonds. The Bertz CT molecular complexity index is 2560. The molecule has 0 radical (unpaired) electrons. The minimum atomic E-state index is 1.22. The molecule has 0 aliphatic heterocycles. The van der Waals surface area contributed by atoms with Crippen molar-refractivity contribution in [2.24, 2.45) is 0 Å². The lowest BCUT2D eigenvalue weighted by Gasteiger charge is -2.09. The Morgan fingerprint density at radius 1 is 0.245 bits per heavy atom. The van der Waals surface area contributed by atoms with Crippen LogP contribution in [0.1, 0.15) is 0 Å². The van der Waals surface area contributed by atoms with Crippen LogP contribution in [0.15, 0.2) is 194 Å². The van der Waals surface area contributed by atoms with E-state index in [2.05, 4.69) is 194 Å². The van der Waals surface area contributed by atoms with Crippen molar-refractivity contribution in [2.75, 3.05) is 0 Å². The molecular weight excluding hydrogens is 609 g/mol. The first-order chi connectivity index (χ1) is 24.3. The summed E-state index contributed by atoms with van der Waals surface area (Å²) in [6.07, 6.45) is 0. The predicted octanol–water partition coefficient (Wildman–Crippen LogP) is 14.1. The van der Waals surface area contributed by atoms with Crippen LogP contribution in [-0.2, 0) is 0 Å². The molecule has 0 fully saturated rings. The number of hydrogen-bond donors (Lipinski definition) is 0. The highest BCUT2D eigenvalue weighted by molar-refractivity contribution is 7.26. The Hall–Kier alpha value is -6.02. The zero-order valence-electron chi connectivity index (χ0n) is 26.9. The predicted molar refractivity (Wildman–Crippen MR) is 212 cm³/mol. The summed E-state index contributed by atoms with van der Waals surface area (Å²) in [5, 5.41) is 2.62. The highest BCUT2D eigenvalue weighted by Crippen LogP contribution is 2.42. The standard InChI is InChI=1S/C48H32S/c1-3-10-33(11-4-1)35-20-24-37(25-21-35)39-14-7-16-41(30-39)42-28-29-47-46(32-42)45-19-9-18-44(48(45)49-47)43-17-8-15-40(31-43)38-26-22-36(23-27-38)34-12-5-2-6-13-34/h1-32H. The highest BCUT2D eigenvalue weighted by Gasteiger charge is 2.13. The lowest BCUT2D eigenvalue weighted by Crippen LogP contribution is -1.83. The fourth-order valence-corrected chi connectivity index (χ4v) is 8.14. The molecule has 1 heteroatoms. The second-order valence-electron chi connectivity index (χ2n) is 12.5. The summed E-state index contributed by atoms with van der Waals surface area (Å²) in [4.78, 5) is 0. The number of benzene rings is 8. The fourth-order valence-electron chi connectivity index (χ4n) is 6.92. The molecule has 0 atom stereocenters. The molecule has 0 spiro atoms. The van der Waals surface area contributed by atoms with Gasteiger partial charge in [0.05, 0.1) is 0 Å². The Labute approximate surface area is 291 Å². The summed E-state index contributed by atoms with van der Waals surface area (Å²) in [5.41, 5.74) is 14.8. The average Bonchev–Trinajstić information content (AvgIpc) is 3.57. The van der Waals surface area contributed by atoms with Gasteiger partial charge < -0.3 is 0 Å². The Kier molecular flexibility index (Phi) is 7.46. The Morgan fingerprint density at radius 3 is 1.20 bits per heavy atom. The van der Waals surface area contributed by atoms with Crippen LogP contribution in [0.2, 0.25) is 0 Å². The third-order valence-corrected chi connectivity index (χ3v) is 10.7. The molecule has 0 bridgehead atoms. The van der Waals surface area contributed by atoms with Crippen LogP contribution in [-0.4, -0.2) is 0 Å². The summed E-state index contributed by atoms with van der Waals surface area (Å²) in [6.45, 7) is 0. The number of fused-ring (bicyclic) bond motifs is 3. The van der Waals surface area contributed by atoms with Crippen molar-refractivity contribution in [3.63, 3.8) is 0 Å². The molecule has 0 unspecified atom stereocenters. The molecule has 0 saturated carbocycles. The van der Waals surface area contributed by atoms with Gasteiger partial charge in [0.2, 0.25) is 0 Å². The van der Waals surface area contributed by atoms with Crippen molar-refractivity contribution >= 4 is 31.5 Å². The second-order valence-corrected chi connectivity index (χ2v) is 13.6. The summed E-state index contributed by atoms with van der Waals surface area (Å²) in [6, 6.07) is 70.5. The largest absolute Gasteiger partial charge is 0.135 e. The molecule has 8 aromatic carbocycles. The van der Waals surface area contributed by atoms with Gasteiger partial charge in [-0.25, -0.2) is 0 Å². The minimum Gasteiger partial charge on any atom is -0.135 e. The van der Waals surface area contributed by atoms with Crippen molar-refractivity contribution in [3.05, 3.63) is 194 Å². The third-order valence-electron chi connectivity index (χ3n) is 9.52. The van der Waals surface area contributed by atoms with Crippen molar-refractivity contribution in [2.45, 2.75) is 0 Å². The van der Waals surface area contributed by atoms with Gasteiger partial charge in [0.1, 0.15) is 0 Å². The number of hydrogen-bond acceptors (Lipinski definition) is 1. The van der Waals surface area contributed by atoms with Crippen LogP contribution in [0.4, 0.5) is 0 Å². The van der Waals surface area contributed by atoms with Gasteiger partial charge in [-0.15, -0.1) is 11.3 Å². The van der Waals surface area contributed by atoms with Crippen molar-refractivity contribution < 1.29 is 0 Å². The molecule has 9 rings (SSSR count). The van der Waals surface area contributed by atoms with Crippen LogP contribution in [0, 0.1) is 0 Å². The van der Waals surface area contributed by atoms with E-state index in [1.807, 2.05) is 11.3 Å². The fraction of sp³-hybridized carbons (Fsp3) is 0. The van der Waals surface area contributed by atoms with Gasteiger partial charge in [0, 0.05) is 20.2 Å². The summed E-state index contributed by atoms with van der Waals surface area (Å²) < 4.78 is 2.64. The Balaban J connectivity index is 1.04. The van der Waals surface area contributed by atoms with Crippen molar-refractivity contribution in [3.8, 4) is 66.8 Å². The minimum absolute atomic E-state index is 1.22. The maximum absolute atomic E-state index is 2.38. The van der Waals surface area contributed by atoms with Crippen LogP contribution in [0.3, 0.4) is 0 Å². The van der Waals surface area contributed by atoms with E-state index in [9.17, 15) is 0 Å². The van der Waals surface area contributed by atoms with E-state index in [0.717, 1.165) is 0 Å². The lowest BCUT2D eigenvalue weighted by atomic mass is 9.95. The molecular formula is C48H32S. The monoisotopic (exact) mass is 640 g/mol. The van der Waals surface area contributed by atoms with Gasteiger partial charge in [-0.1, -0.05) is 170 Å². The Morgan fingerprint density at radius 2 is 0.633 bits per heavy atom. The maximum Gasteiger partial charge on any atom is 0.0433 e. The summed E-state index contributed by atoms with van der Waals surface area (Å²) >= 11 is 1.89. The highest BCUT2D eigenvalue weighted by atomic mass is 32.1. The van der Waals surface area contributed by atoms with Gasteiger partial charge >= 0.3 is 0 Å². The quantitative estimate of drug-likeness (QED) is 0.170. The third kappa shape index (κ3) is 5.65. The van der Waals surface area contributed by atoms with E-state index in [0.29, 0.717) is 0 Å². The molecule has 230 valence electrons. The lowest BCUT2D eigenvalue weighted by molar-refractivity contribution is 1.58. The molecule has 0 N–H and O–H groups in total. The summed E-state index contributed by atoms with van der Waals surface area (Å²) in [5.74, 6) is 0. The van der Waals surface area contributed by atoms with E-state index in [-0.39, 0.29) is 0 Å². The van der Waals surface area contributed by atoms with E-state index >= 15 is 0 Å². The van der Waals surface area contributed by atoms with Crippen LogP contribution in [0.5, 0.6) is 0 Å². The van der Waals surface area contributed by atoms with Crippen molar-refractivity contribution in [1.82, 2.24) is 0 Å². The first kappa shape index (κ1) is 29.1. The van der Waals surface area contributed by atoms with Gasteiger partial charge in [-0.2, -0.15) is 0 Å². The molecule has 9 aromatic rings. The van der Waals surface area contributed by atoms with Crippen LogP contribution in [0.25, 0.3) is 86.9 Å². The molecule has 0 aliphatic rings. The van der Waals surface area contributed by atoms with Gasteiger partial charge in [-0.3, -0.25) is 0 Å². The maximum atomic E-state index is 2.38. The van der Waals surface area contributed by atoms with E-state index < -0.39 is 0 Å². The molecule has 49 heavy (non-hydrogen) atoms. The van der Waals surface area contributed by atoms with Crippen LogP contribution >= 0.6 is 11.3 Å². The number of thiophene rings is 1. The van der Waals surface area contributed by atoms with Gasteiger partial charge in [0.25, 0.3) is 0 Å². The zero-order chi connectivity index (χ0) is 32.6. The van der Waals surface area contributed by atoms with E-state index in [4.69, 9.17) is 0 Å². The molecule has 1 heterocycles. The summed E-state index contributed by atoms with van der Waals surface area (Å²) in [7, 11) is 0. The first-order valence-corrected chi connectivity index (χ1v) is 17.6. The van der Waals surface area contributed by atoms with E-state index in [1.165, 1.54) is 86.9 Å². The first-order valence-electron chi connectivity index (χ1n) is 16.7. The average molecular weight is 641 g/mol. The van der Waals surface area contributed by atoms with Crippen molar-refractivity contribution in [1.29, 1.82) is 0 Å². The van der Waals surface area contributed by atoms with Gasteiger partial charge in [-0.05, 0) is 91.0 Å². The van der Waals surface area contributed by atoms with E-state index in [1.54, 1.807) is 0 Å². The smallest absolute Gasteiger partial charge is 0.0433 e.